The van der Waals surface area contributed by atoms with Gasteiger partial charge in [-0.15, -0.1) is 10.2 Å². The van der Waals surface area contributed by atoms with Gasteiger partial charge in [0.1, 0.15) is 5.82 Å². The average molecular weight is 488 g/mol. The van der Waals surface area contributed by atoms with Gasteiger partial charge in [0.15, 0.2) is 5.16 Å². The van der Waals surface area contributed by atoms with Crippen LogP contribution >= 0.6 is 11.8 Å². The van der Waals surface area contributed by atoms with E-state index in [2.05, 4.69) is 14.8 Å². The number of carbonyl (C=O) groups is 1. The average Bonchev–Trinajstić information content (AvgIpc) is 3.76. The number of hydrogen-bond donors (Lipinski definition) is 0. The molecule has 0 spiro atoms. The highest BCUT2D eigenvalue weighted by atomic mass is 32.2. The zero-order valence-corrected chi connectivity index (χ0v) is 20.3. The maximum atomic E-state index is 13.1. The van der Waals surface area contributed by atoms with Crippen LogP contribution in [0.2, 0.25) is 0 Å². The Labute approximate surface area is 198 Å². The van der Waals surface area contributed by atoms with Gasteiger partial charge in [-0.25, -0.2) is 8.42 Å². The Bertz CT molecular complexity index is 1180. The molecule has 176 valence electrons. The van der Waals surface area contributed by atoms with Crippen LogP contribution in [0.3, 0.4) is 0 Å². The molecular formula is C23H29N5O3S2. The molecule has 1 aromatic heterocycles. The van der Waals surface area contributed by atoms with E-state index in [1.807, 2.05) is 12.1 Å². The fourth-order valence-electron chi connectivity index (χ4n) is 4.94. The highest BCUT2D eigenvalue weighted by molar-refractivity contribution is 7.99. The Balaban J connectivity index is 1.06. The first kappa shape index (κ1) is 21.6. The van der Waals surface area contributed by atoms with Crippen LogP contribution in [0.4, 0.5) is 0 Å². The standard InChI is InChI=1S/C23H29N5O3S2/c29-21(15-32-23-25-24-22(17-4-5-17)28(23)19-7-8-19)26-10-12-27(13-11-26)33(30,31)20-9-6-16-2-1-3-18(16)14-20/h6,9,14,17,19H,1-5,7-8,10-13,15H2. The molecule has 33 heavy (non-hydrogen) atoms. The minimum atomic E-state index is -3.53. The molecule has 2 saturated carbocycles. The number of aryl methyl sites for hydroxylation is 2. The fraction of sp³-hybridized carbons (Fsp3) is 0.609. The number of thioether (sulfide) groups is 1. The topological polar surface area (TPSA) is 88.4 Å². The van der Waals surface area contributed by atoms with Gasteiger partial charge in [-0.3, -0.25) is 4.79 Å². The lowest BCUT2D eigenvalue weighted by Gasteiger charge is -2.34. The molecule has 1 aromatic carbocycles. The van der Waals surface area contributed by atoms with Crippen molar-refractivity contribution >= 4 is 27.7 Å². The third kappa shape index (κ3) is 4.21. The predicted octanol–water partition coefficient (Wildman–Crippen LogP) is 2.60. The number of benzene rings is 1. The van der Waals surface area contributed by atoms with Crippen molar-refractivity contribution in [2.75, 3.05) is 31.9 Å². The molecule has 4 aliphatic rings. The molecule has 2 aromatic rings. The van der Waals surface area contributed by atoms with Crippen LogP contribution in [0, 0.1) is 0 Å². The molecule has 0 unspecified atom stereocenters. The number of sulfonamides is 1. The molecule has 0 radical (unpaired) electrons. The summed E-state index contributed by atoms with van der Waals surface area (Å²) in [5.41, 5.74) is 2.43. The third-order valence-corrected chi connectivity index (χ3v) is 9.99. The second kappa shape index (κ2) is 8.39. The monoisotopic (exact) mass is 487 g/mol. The van der Waals surface area contributed by atoms with Crippen molar-refractivity contribution in [3.05, 3.63) is 35.2 Å². The minimum Gasteiger partial charge on any atom is -0.339 e. The lowest BCUT2D eigenvalue weighted by molar-refractivity contribution is -0.129. The third-order valence-electron chi connectivity index (χ3n) is 7.17. The van der Waals surface area contributed by atoms with E-state index in [1.54, 1.807) is 11.0 Å². The minimum absolute atomic E-state index is 0.0351. The summed E-state index contributed by atoms with van der Waals surface area (Å²) in [4.78, 5) is 15.0. The van der Waals surface area contributed by atoms with Crippen LogP contribution in [0.15, 0.2) is 28.3 Å². The Morgan fingerprint density at radius 3 is 2.48 bits per heavy atom. The number of aromatic nitrogens is 3. The number of carbonyl (C=O) groups excluding carboxylic acids is 1. The molecule has 10 heteroatoms. The Morgan fingerprint density at radius 2 is 1.76 bits per heavy atom. The van der Waals surface area contributed by atoms with Crippen molar-refractivity contribution in [3.63, 3.8) is 0 Å². The molecule has 2 heterocycles. The molecule has 8 nitrogen and oxygen atoms in total. The maximum Gasteiger partial charge on any atom is 0.243 e. The van der Waals surface area contributed by atoms with Gasteiger partial charge in [-0.05, 0) is 68.2 Å². The number of rotatable bonds is 7. The van der Waals surface area contributed by atoms with Gasteiger partial charge in [0.2, 0.25) is 15.9 Å². The molecule has 3 aliphatic carbocycles. The summed E-state index contributed by atoms with van der Waals surface area (Å²) >= 11 is 1.46. The molecule has 1 amide bonds. The first-order chi connectivity index (χ1) is 16.0. The van der Waals surface area contributed by atoms with Crippen LogP contribution in [-0.4, -0.2) is 70.2 Å². The van der Waals surface area contributed by atoms with Crippen molar-refractivity contribution in [2.45, 2.75) is 67.0 Å². The molecule has 1 aliphatic heterocycles. The van der Waals surface area contributed by atoms with Gasteiger partial charge in [0.25, 0.3) is 0 Å². The van der Waals surface area contributed by atoms with Gasteiger partial charge in [-0.2, -0.15) is 4.31 Å². The number of nitrogens with zero attached hydrogens (tertiary/aromatic N) is 5. The van der Waals surface area contributed by atoms with E-state index in [9.17, 15) is 13.2 Å². The van der Waals surface area contributed by atoms with Crippen molar-refractivity contribution in [1.82, 2.24) is 24.0 Å². The summed E-state index contributed by atoms with van der Waals surface area (Å²) in [5.74, 6) is 1.99. The van der Waals surface area contributed by atoms with Crippen molar-refractivity contribution < 1.29 is 13.2 Å². The summed E-state index contributed by atoms with van der Waals surface area (Å²) in [6.45, 7) is 1.51. The van der Waals surface area contributed by atoms with Crippen LogP contribution in [-0.2, 0) is 27.7 Å². The van der Waals surface area contributed by atoms with Crippen molar-refractivity contribution in [2.24, 2.45) is 0 Å². The van der Waals surface area contributed by atoms with Crippen molar-refractivity contribution in [1.29, 1.82) is 0 Å². The first-order valence-corrected chi connectivity index (χ1v) is 14.4. The van der Waals surface area contributed by atoms with Gasteiger partial charge < -0.3 is 9.47 Å². The van der Waals surface area contributed by atoms with Crippen LogP contribution < -0.4 is 0 Å². The second-order valence-corrected chi connectivity index (χ2v) is 12.5. The second-order valence-electron chi connectivity index (χ2n) is 9.57. The van der Waals surface area contributed by atoms with E-state index in [0.717, 1.165) is 35.8 Å². The molecule has 3 fully saturated rings. The van der Waals surface area contributed by atoms with E-state index in [0.29, 0.717) is 48.8 Å². The van der Waals surface area contributed by atoms with E-state index >= 15 is 0 Å². The Morgan fingerprint density at radius 1 is 1.00 bits per heavy atom. The zero-order valence-electron chi connectivity index (χ0n) is 18.6. The van der Waals surface area contributed by atoms with Crippen LogP contribution in [0.5, 0.6) is 0 Å². The molecule has 0 atom stereocenters. The predicted molar refractivity (Wildman–Crippen MR) is 125 cm³/mol. The first-order valence-electron chi connectivity index (χ1n) is 12.0. The van der Waals surface area contributed by atoms with Gasteiger partial charge in [0, 0.05) is 38.1 Å². The van der Waals surface area contributed by atoms with Gasteiger partial charge in [-0.1, -0.05) is 17.8 Å². The number of hydrogen-bond acceptors (Lipinski definition) is 6. The SMILES string of the molecule is O=C(CSc1nnc(C2CC2)n1C1CC1)N1CCN(S(=O)(=O)c2ccc3c(c2)CCC3)CC1. The lowest BCUT2D eigenvalue weighted by atomic mass is 10.1. The van der Waals surface area contributed by atoms with E-state index in [1.165, 1.54) is 47.3 Å². The van der Waals surface area contributed by atoms with Gasteiger partial charge >= 0.3 is 0 Å². The van der Waals surface area contributed by atoms with Gasteiger partial charge in [0.05, 0.1) is 10.6 Å². The Kier molecular flexibility index (Phi) is 5.49. The quantitative estimate of drug-likeness (QED) is 0.558. The van der Waals surface area contributed by atoms with E-state index in [4.69, 9.17) is 0 Å². The Hall–Kier alpha value is -1.91. The summed E-state index contributed by atoms with van der Waals surface area (Å²) in [6.07, 6.45) is 7.79. The smallest absolute Gasteiger partial charge is 0.243 e. The highest BCUT2D eigenvalue weighted by Crippen LogP contribution is 2.46. The van der Waals surface area contributed by atoms with E-state index in [-0.39, 0.29) is 5.91 Å². The summed E-state index contributed by atoms with van der Waals surface area (Å²) in [5, 5.41) is 9.64. The normalized spacial score (nSPS) is 21.4. The molecule has 0 bridgehead atoms. The largest absolute Gasteiger partial charge is 0.339 e. The molecular weight excluding hydrogens is 458 g/mol. The fourth-order valence-corrected chi connectivity index (χ4v) is 7.32. The lowest BCUT2D eigenvalue weighted by Crippen LogP contribution is -2.51. The van der Waals surface area contributed by atoms with Crippen LogP contribution in [0.1, 0.15) is 61.0 Å². The summed E-state index contributed by atoms with van der Waals surface area (Å²) in [6, 6.07) is 6.04. The molecule has 6 rings (SSSR count). The zero-order chi connectivity index (χ0) is 22.6. The number of amides is 1. The number of piperazine rings is 1. The van der Waals surface area contributed by atoms with E-state index < -0.39 is 10.0 Å². The molecule has 1 saturated heterocycles. The maximum absolute atomic E-state index is 13.1. The number of fused-ring (bicyclic) bond motifs is 1. The summed E-state index contributed by atoms with van der Waals surface area (Å²) in [7, 11) is -3.53. The van der Waals surface area contributed by atoms with Crippen molar-refractivity contribution in [3.8, 4) is 0 Å². The van der Waals surface area contributed by atoms with Crippen LogP contribution in [0.25, 0.3) is 0 Å². The molecule has 0 N–H and O–H groups in total. The summed E-state index contributed by atoms with van der Waals surface area (Å²) < 4.78 is 30.1. The highest BCUT2D eigenvalue weighted by Gasteiger charge is 2.37.